The molecule has 0 aliphatic heterocycles. The van der Waals surface area contributed by atoms with Crippen LogP contribution in [0, 0.1) is 0 Å². The summed E-state index contributed by atoms with van der Waals surface area (Å²) in [5.41, 5.74) is -1.89. The van der Waals surface area contributed by atoms with Crippen molar-refractivity contribution in [2.24, 2.45) is 0 Å². The summed E-state index contributed by atoms with van der Waals surface area (Å²) >= 11 is 0. The van der Waals surface area contributed by atoms with Crippen molar-refractivity contribution < 1.29 is 52.4 Å². The molecule has 0 radical (unpaired) electrons. The van der Waals surface area contributed by atoms with Gasteiger partial charge in [-0.25, -0.2) is 0 Å². The van der Waals surface area contributed by atoms with Crippen molar-refractivity contribution in [1.29, 1.82) is 0 Å². The summed E-state index contributed by atoms with van der Waals surface area (Å²) in [6.45, 7) is 22.0. The zero-order valence-electron chi connectivity index (χ0n) is 34.9. The van der Waals surface area contributed by atoms with E-state index in [4.69, 9.17) is 28.4 Å². The fourth-order valence-corrected chi connectivity index (χ4v) is 4.83. The van der Waals surface area contributed by atoms with Crippen LogP contribution in [0.1, 0.15) is 95.1 Å². The van der Waals surface area contributed by atoms with Crippen LogP contribution in [0.15, 0.2) is 30.3 Å². The third-order valence-corrected chi connectivity index (χ3v) is 6.72. The second-order valence-corrected chi connectivity index (χ2v) is 17.2. The molecule has 1 aromatic rings. The van der Waals surface area contributed by atoms with Crippen LogP contribution in [0.4, 0.5) is 0 Å². The highest BCUT2D eigenvalue weighted by Gasteiger charge is 2.27. The Balaban J connectivity index is 3.13. The van der Waals surface area contributed by atoms with E-state index in [1.54, 1.807) is 97.8 Å². The summed E-state index contributed by atoms with van der Waals surface area (Å²) in [5, 5.41) is 0. The van der Waals surface area contributed by atoms with E-state index in [9.17, 15) is 24.0 Å². The van der Waals surface area contributed by atoms with Gasteiger partial charge in [0.25, 0.3) is 0 Å². The van der Waals surface area contributed by atoms with Gasteiger partial charge in [0, 0.05) is 32.6 Å². The van der Waals surface area contributed by atoms with Gasteiger partial charge in [0.15, 0.2) is 0 Å². The molecule has 54 heavy (non-hydrogen) atoms. The molecule has 0 spiro atoms. The van der Waals surface area contributed by atoms with Crippen molar-refractivity contribution in [3.05, 3.63) is 35.9 Å². The highest BCUT2D eigenvalue weighted by Crippen LogP contribution is 2.12. The molecule has 14 heteroatoms. The number of ether oxygens (including phenoxy) is 6. The number of carbonyl (C=O) groups excluding carboxylic acids is 5. The first kappa shape index (κ1) is 48.4. The smallest absolute Gasteiger partial charge is 0.320 e. The Bertz CT molecular complexity index is 1180. The van der Waals surface area contributed by atoms with E-state index in [1.807, 2.05) is 30.3 Å². The molecule has 0 heterocycles. The van der Waals surface area contributed by atoms with Crippen LogP contribution in [0.5, 0.6) is 0 Å². The van der Waals surface area contributed by atoms with Crippen LogP contribution in [-0.2, 0) is 59.0 Å². The number of esters is 5. The summed E-state index contributed by atoms with van der Waals surface area (Å²) in [6.07, 6.45) is 0.498. The Morgan fingerprint density at radius 3 is 1.15 bits per heavy atom. The van der Waals surface area contributed by atoms with Crippen molar-refractivity contribution in [2.45, 2.75) is 119 Å². The lowest BCUT2D eigenvalue weighted by molar-refractivity contribution is -0.162. The Hall–Kier alpha value is -3.59. The number of nitrogens with zero attached hydrogens (tertiary/aromatic N) is 3. The quantitative estimate of drug-likeness (QED) is 0.0932. The molecule has 0 unspecified atom stereocenters. The van der Waals surface area contributed by atoms with Gasteiger partial charge in [0.1, 0.15) is 22.4 Å². The molecule has 0 saturated heterocycles. The molecular formula is C40H67N3O11. The van der Waals surface area contributed by atoms with Crippen molar-refractivity contribution in [2.75, 3.05) is 72.1 Å². The van der Waals surface area contributed by atoms with Crippen molar-refractivity contribution in [3.63, 3.8) is 0 Å². The Morgan fingerprint density at radius 1 is 0.463 bits per heavy atom. The van der Waals surface area contributed by atoms with E-state index < -0.39 is 52.3 Å². The Kier molecular flexibility index (Phi) is 20.4. The molecule has 0 atom stereocenters. The van der Waals surface area contributed by atoms with Gasteiger partial charge < -0.3 is 28.4 Å². The summed E-state index contributed by atoms with van der Waals surface area (Å²) in [4.78, 5) is 69.5. The van der Waals surface area contributed by atoms with E-state index >= 15 is 0 Å². The fourth-order valence-electron chi connectivity index (χ4n) is 4.83. The lowest BCUT2D eigenvalue weighted by Crippen LogP contribution is -2.47. The second kappa shape index (κ2) is 22.7. The van der Waals surface area contributed by atoms with Crippen molar-refractivity contribution in [3.8, 4) is 0 Å². The molecule has 0 aliphatic rings. The minimum atomic E-state index is -0.733. The average Bonchev–Trinajstić information content (AvgIpc) is 2.96. The van der Waals surface area contributed by atoms with Gasteiger partial charge in [-0.3, -0.25) is 38.7 Å². The topological polar surface area (TPSA) is 150 Å². The predicted octanol–water partition coefficient (Wildman–Crippen LogP) is 4.41. The summed E-state index contributed by atoms with van der Waals surface area (Å²) in [6, 6.07) is 9.76. The zero-order valence-corrected chi connectivity index (χ0v) is 34.9. The Morgan fingerprint density at radius 2 is 0.796 bits per heavy atom. The molecule has 0 fully saturated rings. The van der Waals surface area contributed by atoms with Crippen molar-refractivity contribution >= 4 is 29.8 Å². The molecular weight excluding hydrogens is 698 g/mol. The van der Waals surface area contributed by atoms with Crippen LogP contribution in [0.2, 0.25) is 0 Å². The molecule has 1 aromatic carbocycles. The fraction of sp³-hybridized carbons (Fsp3) is 0.725. The van der Waals surface area contributed by atoms with Gasteiger partial charge >= 0.3 is 29.8 Å². The molecule has 0 bridgehead atoms. The van der Waals surface area contributed by atoms with Crippen LogP contribution in [0.3, 0.4) is 0 Å². The number of benzene rings is 1. The summed E-state index contributed by atoms with van der Waals surface area (Å²) in [5.74, 6) is -2.57. The first-order valence-electron chi connectivity index (χ1n) is 18.6. The minimum absolute atomic E-state index is 0.135. The number of rotatable bonds is 22. The SMILES string of the molecule is CC(C)(C)OC(=O)CN(CCN(CCN(CC(=O)OC(C)(C)C)CC(=O)OC(C)(C)C)CC(=O)OCCCOCc1ccccc1)CC(=O)OC(C)(C)C. The molecule has 0 amide bonds. The molecule has 1 rings (SSSR count). The van der Waals surface area contributed by atoms with Crippen LogP contribution in [0.25, 0.3) is 0 Å². The third kappa shape index (κ3) is 27.1. The average molecular weight is 766 g/mol. The second-order valence-electron chi connectivity index (χ2n) is 17.2. The van der Waals surface area contributed by atoms with Crippen LogP contribution < -0.4 is 0 Å². The monoisotopic (exact) mass is 765 g/mol. The lowest BCUT2D eigenvalue weighted by atomic mass is 10.2. The van der Waals surface area contributed by atoms with Crippen LogP contribution >= 0.6 is 0 Å². The van der Waals surface area contributed by atoms with E-state index in [2.05, 4.69) is 0 Å². The van der Waals surface area contributed by atoms with Gasteiger partial charge in [-0.05, 0) is 88.6 Å². The van der Waals surface area contributed by atoms with E-state index in [-0.39, 0.29) is 65.5 Å². The van der Waals surface area contributed by atoms with Gasteiger partial charge in [0.2, 0.25) is 0 Å². The van der Waals surface area contributed by atoms with Gasteiger partial charge in [-0.2, -0.15) is 0 Å². The lowest BCUT2D eigenvalue weighted by Gasteiger charge is -2.30. The van der Waals surface area contributed by atoms with E-state index in [0.717, 1.165) is 5.56 Å². The maximum atomic E-state index is 13.1. The van der Waals surface area contributed by atoms with Gasteiger partial charge in [-0.15, -0.1) is 0 Å². The van der Waals surface area contributed by atoms with Gasteiger partial charge in [0.05, 0.1) is 52.5 Å². The predicted molar refractivity (Wildman–Crippen MR) is 204 cm³/mol. The number of hydrogen-bond donors (Lipinski definition) is 0. The summed E-state index contributed by atoms with van der Waals surface area (Å²) in [7, 11) is 0. The molecule has 0 aromatic heterocycles. The largest absolute Gasteiger partial charge is 0.465 e. The molecule has 0 saturated carbocycles. The highest BCUT2D eigenvalue weighted by atomic mass is 16.6. The van der Waals surface area contributed by atoms with Gasteiger partial charge in [-0.1, -0.05) is 30.3 Å². The third-order valence-electron chi connectivity index (χ3n) is 6.72. The maximum Gasteiger partial charge on any atom is 0.320 e. The summed E-state index contributed by atoms with van der Waals surface area (Å²) < 4.78 is 33.3. The number of carbonyl (C=O) groups is 5. The number of hydrogen-bond acceptors (Lipinski definition) is 14. The molecule has 0 N–H and O–H groups in total. The minimum Gasteiger partial charge on any atom is -0.465 e. The Labute approximate surface area is 323 Å². The normalized spacial score (nSPS) is 12.5. The maximum absolute atomic E-state index is 13.1. The van der Waals surface area contributed by atoms with E-state index in [0.29, 0.717) is 19.6 Å². The molecule has 0 aliphatic carbocycles. The first-order chi connectivity index (χ1) is 24.8. The van der Waals surface area contributed by atoms with Crippen LogP contribution in [-0.4, -0.2) is 139 Å². The molecule has 14 nitrogen and oxygen atoms in total. The zero-order chi connectivity index (χ0) is 41.2. The standard InChI is InChI=1S/C40H67N3O11/c1-37(2,3)51-33(45)26-42(27-34(46)52-38(4,5)6)21-19-41(25-32(44)50-24-16-23-49-30-31-17-14-13-15-18-31)20-22-43(28-35(47)53-39(7,8)9)29-36(48)54-40(10,11)12/h13-15,17-18H,16,19-30H2,1-12H3. The van der Waals surface area contributed by atoms with E-state index in [1.165, 1.54) is 0 Å². The van der Waals surface area contributed by atoms with Crippen molar-refractivity contribution in [1.82, 2.24) is 14.7 Å². The highest BCUT2D eigenvalue weighted by molar-refractivity contribution is 5.76. The first-order valence-corrected chi connectivity index (χ1v) is 18.6. The molecule has 308 valence electrons.